The van der Waals surface area contributed by atoms with Crippen LogP contribution < -0.4 is 0 Å². The summed E-state index contributed by atoms with van der Waals surface area (Å²) < 4.78 is 28.8. The van der Waals surface area contributed by atoms with Gasteiger partial charge >= 0.3 is 0 Å². The second-order valence-electron chi connectivity index (χ2n) is 1.01. The summed E-state index contributed by atoms with van der Waals surface area (Å²) in [5.74, 6) is -0.479. The van der Waals surface area contributed by atoms with E-state index in [9.17, 15) is 13.0 Å². The molecule has 0 aliphatic carbocycles. The van der Waals surface area contributed by atoms with Gasteiger partial charge in [-0.2, -0.15) is 0 Å². The maximum Gasteiger partial charge on any atom is 0.0982 e. The fraction of sp³-hybridized carbons (Fsp3) is 0.333. The molecule has 0 aromatic heterocycles. The maximum atomic E-state index is 9.60. The van der Waals surface area contributed by atoms with E-state index in [1.807, 2.05) is 0 Å². The van der Waals surface area contributed by atoms with Crippen molar-refractivity contribution in [3.05, 3.63) is 12.7 Å². The van der Waals surface area contributed by atoms with Gasteiger partial charge in [-0.05, 0) is 0 Å². The van der Waals surface area contributed by atoms with Crippen molar-refractivity contribution in [3.8, 4) is 0 Å². The van der Waals surface area contributed by atoms with E-state index >= 15 is 0 Å². The van der Waals surface area contributed by atoms with E-state index in [0.29, 0.717) is 0 Å². The summed E-state index contributed by atoms with van der Waals surface area (Å²) in [7, 11) is -4.04. The second kappa shape index (κ2) is 2.09. The summed E-state index contributed by atoms with van der Waals surface area (Å²) in [5, 5.41) is 0. The molecule has 0 unspecified atom stereocenters. The fourth-order valence-corrected chi connectivity index (χ4v) is 0.433. The first-order valence-corrected chi connectivity index (χ1v) is 3.18. The first-order chi connectivity index (χ1) is 3.06. The van der Waals surface area contributed by atoms with Crippen LogP contribution in [0.4, 0.5) is 0 Å². The molecule has 0 aliphatic rings. The van der Waals surface area contributed by atoms with Gasteiger partial charge in [0.1, 0.15) is 0 Å². The molecule has 0 saturated carbocycles. The molecule has 0 aromatic rings. The number of hydrogen-bond donors (Lipinski definition) is 0. The molecule has 7 heavy (non-hydrogen) atoms. The molecule has 0 amide bonds. The first-order valence-electron chi connectivity index (χ1n) is 1.61. The lowest BCUT2D eigenvalue weighted by Gasteiger charge is -1.98. The van der Waals surface area contributed by atoms with Gasteiger partial charge in [-0.1, -0.05) is 6.08 Å². The summed E-state index contributed by atoms with van der Waals surface area (Å²) in [5.41, 5.74) is 0. The molecule has 4 heteroatoms. The van der Waals surface area contributed by atoms with E-state index in [1.54, 1.807) is 0 Å². The summed E-state index contributed by atoms with van der Waals surface area (Å²) in [6, 6.07) is 0. The SMILES string of the molecule is C=CCS(=O)(=O)[O-]. The molecule has 0 heterocycles. The lowest BCUT2D eigenvalue weighted by Crippen LogP contribution is -1.99. The van der Waals surface area contributed by atoms with Crippen LogP contribution in [0, 0.1) is 0 Å². The third-order valence-electron chi connectivity index (χ3n) is 0.322. The fourth-order valence-electron chi connectivity index (χ4n) is 0.144. The highest BCUT2D eigenvalue weighted by atomic mass is 32.2. The molecule has 0 radical (unpaired) electrons. The molecular weight excluding hydrogens is 116 g/mol. The molecular formula is C3H5O3S-. The van der Waals surface area contributed by atoms with Crippen LogP contribution in [0.1, 0.15) is 0 Å². The van der Waals surface area contributed by atoms with E-state index in [1.165, 1.54) is 0 Å². The lowest BCUT2D eigenvalue weighted by atomic mass is 10.8. The Bertz CT molecular complexity index is 144. The van der Waals surface area contributed by atoms with Crippen LogP contribution in [0.25, 0.3) is 0 Å². The minimum Gasteiger partial charge on any atom is -0.748 e. The Labute approximate surface area is 42.4 Å². The van der Waals surface area contributed by atoms with Gasteiger partial charge in [0.25, 0.3) is 0 Å². The van der Waals surface area contributed by atoms with Crippen molar-refractivity contribution in [2.45, 2.75) is 0 Å². The number of rotatable bonds is 2. The highest BCUT2D eigenvalue weighted by Crippen LogP contribution is 1.78. The van der Waals surface area contributed by atoms with Gasteiger partial charge in [0, 0.05) is 0 Å². The Morgan fingerprint density at radius 3 is 2.14 bits per heavy atom. The van der Waals surface area contributed by atoms with Crippen LogP contribution in [0.3, 0.4) is 0 Å². The quantitative estimate of drug-likeness (QED) is 0.373. The highest BCUT2D eigenvalue weighted by Gasteiger charge is 1.83. The molecule has 0 aliphatic heterocycles. The molecule has 0 spiro atoms. The standard InChI is InChI=1S/C3H6O3S/c1-2-3-7(4,5)6/h2H,1,3H2,(H,4,5,6)/p-1. The van der Waals surface area contributed by atoms with Crippen molar-refractivity contribution in [2.75, 3.05) is 5.75 Å². The van der Waals surface area contributed by atoms with Crippen LogP contribution in [0.5, 0.6) is 0 Å². The van der Waals surface area contributed by atoms with E-state index in [4.69, 9.17) is 0 Å². The molecule has 0 saturated heterocycles. The van der Waals surface area contributed by atoms with Gasteiger partial charge < -0.3 is 4.55 Å². The van der Waals surface area contributed by atoms with Crippen molar-refractivity contribution < 1.29 is 13.0 Å². The highest BCUT2D eigenvalue weighted by molar-refractivity contribution is 7.85. The summed E-state index contributed by atoms with van der Waals surface area (Å²) in [6.07, 6.45) is 1.06. The minimum atomic E-state index is -4.04. The van der Waals surface area contributed by atoms with Gasteiger partial charge in [-0.25, -0.2) is 8.42 Å². The predicted octanol–water partition coefficient (Wildman–Crippen LogP) is -0.282. The molecule has 42 valence electrons. The average molecular weight is 121 g/mol. The van der Waals surface area contributed by atoms with Gasteiger partial charge in [-0.3, -0.25) is 0 Å². The summed E-state index contributed by atoms with van der Waals surface area (Å²) >= 11 is 0. The third-order valence-corrected chi connectivity index (χ3v) is 0.966. The Morgan fingerprint density at radius 1 is 1.71 bits per heavy atom. The molecule has 0 rings (SSSR count). The molecule has 0 bridgehead atoms. The van der Waals surface area contributed by atoms with Crippen LogP contribution in [-0.4, -0.2) is 18.7 Å². The van der Waals surface area contributed by atoms with E-state index in [0.717, 1.165) is 6.08 Å². The largest absolute Gasteiger partial charge is 0.748 e. The molecule has 0 atom stereocenters. The zero-order chi connectivity index (χ0) is 5.91. The second-order valence-corrected chi connectivity index (χ2v) is 2.46. The van der Waals surface area contributed by atoms with Crippen molar-refractivity contribution in [1.82, 2.24) is 0 Å². The maximum absolute atomic E-state index is 9.60. The Morgan fingerprint density at radius 2 is 2.14 bits per heavy atom. The minimum absolute atomic E-state index is 0.479. The normalized spacial score (nSPS) is 11.0. The van der Waals surface area contributed by atoms with Crippen LogP contribution >= 0.6 is 0 Å². The van der Waals surface area contributed by atoms with Crippen LogP contribution in [0.15, 0.2) is 12.7 Å². The van der Waals surface area contributed by atoms with Crippen molar-refractivity contribution in [1.29, 1.82) is 0 Å². The van der Waals surface area contributed by atoms with E-state index in [-0.39, 0.29) is 0 Å². The Hall–Kier alpha value is -0.350. The molecule has 0 fully saturated rings. The lowest BCUT2D eigenvalue weighted by molar-refractivity contribution is 0.466. The van der Waals surface area contributed by atoms with Gasteiger partial charge in [-0.15, -0.1) is 6.58 Å². The Kier molecular flexibility index (Phi) is 1.98. The summed E-state index contributed by atoms with van der Waals surface area (Å²) in [4.78, 5) is 0. The molecule has 0 N–H and O–H groups in total. The third kappa shape index (κ3) is 5.65. The van der Waals surface area contributed by atoms with E-state index in [2.05, 4.69) is 6.58 Å². The van der Waals surface area contributed by atoms with Gasteiger partial charge in [0.05, 0.1) is 15.9 Å². The van der Waals surface area contributed by atoms with E-state index < -0.39 is 15.9 Å². The van der Waals surface area contributed by atoms with Crippen molar-refractivity contribution >= 4 is 10.1 Å². The smallest absolute Gasteiger partial charge is 0.0982 e. The van der Waals surface area contributed by atoms with Crippen LogP contribution in [-0.2, 0) is 10.1 Å². The van der Waals surface area contributed by atoms with Crippen molar-refractivity contribution in [2.24, 2.45) is 0 Å². The topological polar surface area (TPSA) is 57.2 Å². The monoisotopic (exact) mass is 121 g/mol. The number of hydrogen-bond acceptors (Lipinski definition) is 3. The average Bonchev–Trinajstić information content (AvgIpc) is 1.30. The zero-order valence-electron chi connectivity index (χ0n) is 3.62. The molecule has 0 aromatic carbocycles. The zero-order valence-corrected chi connectivity index (χ0v) is 4.44. The predicted molar refractivity (Wildman–Crippen MR) is 24.8 cm³/mol. The molecule has 3 nitrogen and oxygen atoms in total. The Balaban J connectivity index is 3.84. The van der Waals surface area contributed by atoms with Gasteiger partial charge in [0.15, 0.2) is 0 Å². The first kappa shape index (κ1) is 6.65. The summed E-state index contributed by atoms with van der Waals surface area (Å²) in [6.45, 7) is 3.07. The van der Waals surface area contributed by atoms with Crippen molar-refractivity contribution in [3.63, 3.8) is 0 Å². The van der Waals surface area contributed by atoms with Gasteiger partial charge in [0.2, 0.25) is 0 Å². The van der Waals surface area contributed by atoms with Crippen LogP contribution in [0.2, 0.25) is 0 Å².